The molecule has 0 fully saturated rings. The predicted octanol–water partition coefficient (Wildman–Crippen LogP) is 15.7. The summed E-state index contributed by atoms with van der Waals surface area (Å²) in [4.78, 5) is 19.8. The molecule has 0 saturated heterocycles. The van der Waals surface area contributed by atoms with Crippen LogP contribution in [0, 0.1) is 0 Å². The third-order valence-corrected chi connectivity index (χ3v) is 13.3. The molecular formula is C56H58N4. The summed E-state index contributed by atoms with van der Waals surface area (Å²) < 4.78 is 0. The molecule has 9 rings (SSSR count). The van der Waals surface area contributed by atoms with Crippen LogP contribution >= 0.6 is 0 Å². The number of benzene rings is 4. The zero-order valence-electron chi connectivity index (χ0n) is 36.8. The fraction of sp³-hybridized carbons (Fsp3) is 0.286. The fourth-order valence-electron chi connectivity index (χ4n) is 10.7. The second-order valence-corrected chi connectivity index (χ2v) is 16.3. The molecule has 0 unspecified atom stereocenters. The molecule has 0 spiro atoms. The lowest BCUT2D eigenvalue weighted by atomic mass is 9.88. The number of aryl methyl sites for hydroxylation is 4. The highest BCUT2D eigenvalue weighted by molar-refractivity contribution is 6.17. The Bertz CT molecular complexity index is 3060. The molecule has 5 heterocycles. The van der Waals surface area contributed by atoms with Crippen LogP contribution in [0.25, 0.3) is 88.2 Å². The first-order valence-electron chi connectivity index (χ1n) is 22.7. The van der Waals surface area contributed by atoms with Crippen LogP contribution in [-0.2, 0) is 25.7 Å². The van der Waals surface area contributed by atoms with Crippen molar-refractivity contribution in [3.05, 3.63) is 142 Å². The first-order chi connectivity index (χ1) is 29.4. The maximum absolute atomic E-state index is 6.03. The van der Waals surface area contributed by atoms with Crippen molar-refractivity contribution in [2.45, 2.75) is 107 Å². The molecule has 4 aromatic carbocycles. The van der Waals surface area contributed by atoms with Crippen LogP contribution in [0.3, 0.4) is 0 Å². The molecule has 302 valence electrons. The zero-order valence-corrected chi connectivity index (χ0v) is 36.8. The maximum atomic E-state index is 6.03. The highest BCUT2D eigenvalue weighted by Crippen LogP contribution is 2.48. The number of fused-ring (bicyclic) bond motifs is 11. The second-order valence-electron chi connectivity index (χ2n) is 16.3. The number of hydrogen-bond acceptors (Lipinski definition) is 2. The van der Waals surface area contributed by atoms with E-state index in [1.807, 2.05) is 0 Å². The topological polar surface area (TPSA) is 57.4 Å². The minimum Gasteiger partial charge on any atom is -0.354 e. The molecule has 2 N–H and O–H groups in total. The lowest BCUT2D eigenvalue weighted by molar-refractivity contribution is 1.07. The number of hydrogen-bond donors (Lipinski definition) is 2. The molecular weight excluding hydrogens is 729 g/mol. The standard InChI is InChI=1S/C56H58N4/c1-9-35-36(10-2)48-32-50-38(12-4)40(14-6)55(59-50)52(46-30-34-26-20-21-27-43(34)44-28-22-23-29-45(44)46)56-42(16-8)41(15-7)54(60-56)51(33-24-18-17-19-25-33)53-39(13-5)37(11-3)49(58-53)31-47(35)57-48/h17-32,58-59H,9-16H2,1-8H3. The van der Waals surface area contributed by atoms with E-state index >= 15 is 0 Å². The highest BCUT2D eigenvalue weighted by atomic mass is 14.8. The van der Waals surface area contributed by atoms with Gasteiger partial charge in [-0.05, 0) is 147 Å². The van der Waals surface area contributed by atoms with Crippen molar-refractivity contribution in [2.24, 2.45) is 0 Å². The Hall–Kier alpha value is -6.00. The Morgan fingerprint density at radius 1 is 0.400 bits per heavy atom. The molecule has 2 aliphatic heterocycles. The summed E-state index contributed by atoms with van der Waals surface area (Å²) in [6.45, 7) is 18.4. The van der Waals surface area contributed by atoms with Gasteiger partial charge in [-0.1, -0.05) is 134 Å². The van der Waals surface area contributed by atoms with E-state index in [1.54, 1.807) is 0 Å². The summed E-state index contributed by atoms with van der Waals surface area (Å²) in [6.07, 6.45) is 7.24. The monoisotopic (exact) mass is 786 g/mol. The van der Waals surface area contributed by atoms with Crippen LogP contribution < -0.4 is 0 Å². The van der Waals surface area contributed by atoms with Gasteiger partial charge in [-0.25, -0.2) is 9.97 Å². The number of aromatic amines is 2. The van der Waals surface area contributed by atoms with E-state index in [4.69, 9.17) is 9.97 Å². The Morgan fingerprint density at radius 3 is 1.40 bits per heavy atom. The summed E-state index contributed by atoms with van der Waals surface area (Å²) in [7, 11) is 0. The predicted molar refractivity (Wildman–Crippen MR) is 259 cm³/mol. The van der Waals surface area contributed by atoms with Crippen LogP contribution in [0.5, 0.6) is 0 Å². The molecule has 0 aliphatic carbocycles. The van der Waals surface area contributed by atoms with Gasteiger partial charge in [0, 0.05) is 22.2 Å². The lowest BCUT2D eigenvalue weighted by Gasteiger charge is -2.15. The van der Waals surface area contributed by atoms with Crippen LogP contribution in [0.15, 0.2) is 97.1 Å². The quantitative estimate of drug-likeness (QED) is 0.136. The van der Waals surface area contributed by atoms with Crippen molar-refractivity contribution < 1.29 is 0 Å². The van der Waals surface area contributed by atoms with Gasteiger partial charge in [-0.2, -0.15) is 0 Å². The van der Waals surface area contributed by atoms with Crippen molar-refractivity contribution in [2.75, 3.05) is 0 Å². The number of H-pyrrole nitrogens is 2. The van der Waals surface area contributed by atoms with Crippen LogP contribution in [0.1, 0.15) is 126 Å². The zero-order chi connectivity index (χ0) is 41.7. The fourth-order valence-corrected chi connectivity index (χ4v) is 10.7. The summed E-state index contributed by atoms with van der Waals surface area (Å²) in [5.41, 5.74) is 24.5. The molecule has 0 radical (unpaired) electrons. The smallest absolute Gasteiger partial charge is 0.0772 e. The summed E-state index contributed by atoms with van der Waals surface area (Å²) >= 11 is 0. The number of allylic oxidation sites excluding steroid dienone is 4. The molecule has 4 heteroatoms. The van der Waals surface area contributed by atoms with Crippen molar-refractivity contribution in [3.8, 4) is 22.3 Å². The van der Waals surface area contributed by atoms with Crippen molar-refractivity contribution in [3.63, 3.8) is 0 Å². The molecule has 7 aromatic rings. The van der Waals surface area contributed by atoms with Crippen molar-refractivity contribution >= 4 is 65.9 Å². The first-order valence-corrected chi connectivity index (χ1v) is 22.7. The normalized spacial score (nSPS) is 13.1. The van der Waals surface area contributed by atoms with Gasteiger partial charge < -0.3 is 9.97 Å². The van der Waals surface area contributed by atoms with Crippen LogP contribution in [0.4, 0.5) is 0 Å². The summed E-state index contributed by atoms with van der Waals surface area (Å²) in [6, 6.07) is 36.0. The number of aromatic nitrogens is 4. The van der Waals surface area contributed by atoms with E-state index in [0.717, 1.165) is 85.2 Å². The lowest BCUT2D eigenvalue weighted by Crippen LogP contribution is -1.94. The van der Waals surface area contributed by atoms with Gasteiger partial charge in [-0.3, -0.25) is 0 Å². The Balaban J connectivity index is 1.63. The number of nitrogens with zero attached hydrogens (tertiary/aromatic N) is 2. The minimum atomic E-state index is 0.870. The van der Waals surface area contributed by atoms with Crippen LogP contribution in [0.2, 0.25) is 0 Å². The summed E-state index contributed by atoms with van der Waals surface area (Å²) in [5.74, 6) is 0. The van der Waals surface area contributed by atoms with E-state index in [2.05, 4.69) is 162 Å². The Morgan fingerprint density at radius 2 is 0.867 bits per heavy atom. The average Bonchev–Trinajstić information content (AvgIpc) is 4.03. The van der Waals surface area contributed by atoms with Gasteiger partial charge in [0.25, 0.3) is 0 Å². The largest absolute Gasteiger partial charge is 0.354 e. The van der Waals surface area contributed by atoms with Crippen molar-refractivity contribution in [1.29, 1.82) is 0 Å². The summed E-state index contributed by atoms with van der Waals surface area (Å²) in [5, 5.41) is 5.01. The molecule has 2 aliphatic rings. The molecule has 60 heavy (non-hydrogen) atoms. The number of rotatable bonds is 10. The molecule has 4 nitrogen and oxygen atoms in total. The average molecular weight is 787 g/mol. The van der Waals surface area contributed by atoms with Gasteiger partial charge >= 0.3 is 0 Å². The van der Waals surface area contributed by atoms with E-state index in [9.17, 15) is 0 Å². The first kappa shape index (κ1) is 39.5. The minimum absolute atomic E-state index is 0.870. The van der Waals surface area contributed by atoms with Gasteiger partial charge in [0.05, 0.1) is 33.8 Å². The SMILES string of the molecule is CCC1=C(CC)c2cc3[nH]c(c(CC)c3CC)c(-c3cc4ccccc4c4ccccc34)c3nc(c(-c4ccccc4)c4[nH]c(cc1n2)c(CC)c4CC)C(CC)=C3CC. The maximum Gasteiger partial charge on any atom is 0.0772 e. The molecule has 8 bridgehead atoms. The van der Waals surface area contributed by atoms with Gasteiger partial charge in [-0.15, -0.1) is 0 Å². The van der Waals surface area contributed by atoms with Gasteiger partial charge in [0.1, 0.15) is 0 Å². The van der Waals surface area contributed by atoms with Crippen molar-refractivity contribution in [1.82, 2.24) is 19.9 Å². The second kappa shape index (κ2) is 16.2. The Kier molecular flexibility index (Phi) is 10.7. The third-order valence-electron chi connectivity index (χ3n) is 13.3. The molecule has 3 aromatic heterocycles. The number of nitrogens with one attached hydrogen (secondary N) is 2. The van der Waals surface area contributed by atoms with Gasteiger partial charge in [0.15, 0.2) is 0 Å². The molecule has 0 saturated carbocycles. The highest BCUT2D eigenvalue weighted by Gasteiger charge is 2.29. The van der Waals surface area contributed by atoms with E-state index in [1.165, 1.54) is 99.4 Å². The Labute approximate surface area is 355 Å². The third kappa shape index (κ3) is 6.17. The van der Waals surface area contributed by atoms with E-state index < -0.39 is 0 Å². The van der Waals surface area contributed by atoms with E-state index in [-0.39, 0.29) is 0 Å². The molecule has 0 amide bonds. The van der Waals surface area contributed by atoms with E-state index in [0.29, 0.717) is 0 Å². The van der Waals surface area contributed by atoms with Crippen LogP contribution in [-0.4, -0.2) is 19.9 Å². The van der Waals surface area contributed by atoms with Gasteiger partial charge in [0.2, 0.25) is 0 Å². The molecule has 0 atom stereocenters.